The van der Waals surface area contributed by atoms with Gasteiger partial charge in [0.25, 0.3) is 0 Å². The maximum Gasteiger partial charge on any atom is 0.198 e. The van der Waals surface area contributed by atoms with E-state index in [1.807, 2.05) is 29.3 Å². The van der Waals surface area contributed by atoms with E-state index in [0.717, 1.165) is 22.3 Å². The second-order valence-corrected chi connectivity index (χ2v) is 8.45. The van der Waals surface area contributed by atoms with Crippen molar-refractivity contribution in [3.05, 3.63) is 100 Å². The average molecular weight is 476 g/mol. The first kappa shape index (κ1) is 19.8. The van der Waals surface area contributed by atoms with Crippen LogP contribution in [0.25, 0.3) is 10.9 Å². The van der Waals surface area contributed by atoms with Crippen LogP contribution in [0, 0.1) is 0 Å². The van der Waals surface area contributed by atoms with Gasteiger partial charge in [-0.1, -0.05) is 58.4 Å². The van der Waals surface area contributed by atoms with E-state index in [-0.39, 0.29) is 0 Å². The molecular formula is C25H22BrN3O2. The molecule has 0 atom stereocenters. The first-order valence-corrected chi connectivity index (χ1v) is 11.0. The largest absolute Gasteiger partial charge is 0.489 e. The summed E-state index contributed by atoms with van der Waals surface area (Å²) in [4.78, 5) is 9.62. The number of nitrogens with zero attached hydrogens (tertiary/aromatic N) is 3. The molecule has 1 aromatic heterocycles. The molecule has 31 heavy (non-hydrogen) atoms. The van der Waals surface area contributed by atoms with Crippen molar-refractivity contribution in [2.24, 2.45) is 4.99 Å². The molecular weight excluding hydrogens is 454 g/mol. The minimum absolute atomic E-state index is 0.530. The zero-order chi connectivity index (χ0) is 21.0. The van der Waals surface area contributed by atoms with E-state index in [4.69, 9.17) is 9.57 Å². The molecule has 0 fully saturated rings. The van der Waals surface area contributed by atoms with Crippen LogP contribution in [0.2, 0.25) is 0 Å². The summed E-state index contributed by atoms with van der Waals surface area (Å²) in [7, 11) is 0. The Morgan fingerprint density at radius 2 is 1.77 bits per heavy atom. The number of fused-ring (bicyclic) bond motifs is 1. The lowest BCUT2D eigenvalue weighted by Gasteiger charge is -2.12. The van der Waals surface area contributed by atoms with Gasteiger partial charge >= 0.3 is 0 Å². The van der Waals surface area contributed by atoms with E-state index in [2.05, 4.69) is 80.2 Å². The lowest BCUT2D eigenvalue weighted by Crippen LogP contribution is -2.17. The molecule has 3 aromatic carbocycles. The molecule has 0 aliphatic carbocycles. The highest BCUT2D eigenvalue weighted by Gasteiger charge is 2.16. The molecule has 0 spiro atoms. The fourth-order valence-corrected chi connectivity index (χ4v) is 4.02. The van der Waals surface area contributed by atoms with Gasteiger partial charge in [-0.05, 0) is 47.0 Å². The van der Waals surface area contributed by atoms with Gasteiger partial charge in [0.05, 0.1) is 6.54 Å². The van der Waals surface area contributed by atoms with Crippen molar-refractivity contribution in [2.45, 2.75) is 19.7 Å². The van der Waals surface area contributed by atoms with Crippen LogP contribution in [0.4, 0.5) is 0 Å². The number of aliphatic imine (C=N–C) groups is 1. The zero-order valence-electron chi connectivity index (χ0n) is 16.9. The summed E-state index contributed by atoms with van der Waals surface area (Å²) in [6.45, 7) is 2.55. The number of rotatable bonds is 7. The molecule has 0 saturated heterocycles. The van der Waals surface area contributed by atoms with Gasteiger partial charge in [0.15, 0.2) is 6.40 Å². The Morgan fingerprint density at radius 3 is 2.55 bits per heavy atom. The van der Waals surface area contributed by atoms with Gasteiger partial charge in [-0.25, -0.2) is 4.99 Å². The summed E-state index contributed by atoms with van der Waals surface area (Å²) < 4.78 is 9.45. The third kappa shape index (κ3) is 4.65. The van der Waals surface area contributed by atoms with Gasteiger partial charge in [0, 0.05) is 28.1 Å². The lowest BCUT2D eigenvalue weighted by atomic mass is 10.1. The van der Waals surface area contributed by atoms with Gasteiger partial charge in [0.1, 0.15) is 19.0 Å². The van der Waals surface area contributed by atoms with Crippen molar-refractivity contribution < 1.29 is 9.57 Å². The van der Waals surface area contributed by atoms with Crippen molar-refractivity contribution in [2.75, 3.05) is 6.67 Å². The monoisotopic (exact) mass is 475 g/mol. The fraction of sp³-hybridized carbons (Fsp3) is 0.160. The molecule has 0 bridgehead atoms. The molecule has 0 saturated carbocycles. The minimum atomic E-state index is 0.530. The zero-order valence-corrected chi connectivity index (χ0v) is 18.5. The molecule has 0 amide bonds. The highest BCUT2D eigenvalue weighted by molar-refractivity contribution is 9.10. The maximum atomic E-state index is 6.10. The molecule has 6 heteroatoms. The molecule has 0 N–H and O–H groups in total. The normalized spacial score (nSPS) is 13.6. The van der Waals surface area contributed by atoms with Crippen molar-refractivity contribution in [3.63, 3.8) is 0 Å². The Hall–Kier alpha value is -3.09. The molecule has 4 aromatic rings. The number of halogens is 1. The first-order chi connectivity index (χ1) is 15.2. The molecule has 0 unspecified atom stereocenters. The number of ether oxygens (including phenoxy) is 1. The number of aromatic nitrogens is 1. The highest BCUT2D eigenvalue weighted by Crippen LogP contribution is 2.29. The molecule has 5 nitrogen and oxygen atoms in total. The van der Waals surface area contributed by atoms with E-state index in [0.29, 0.717) is 19.8 Å². The van der Waals surface area contributed by atoms with Crippen LogP contribution < -0.4 is 4.74 Å². The predicted molar refractivity (Wildman–Crippen MR) is 126 cm³/mol. The Labute approximate surface area is 189 Å². The molecule has 156 valence electrons. The summed E-state index contributed by atoms with van der Waals surface area (Å²) in [6, 6.07) is 25.0. The fourth-order valence-electron chi connectivity index (χ4n) is 3.76. The Morgan fingerprint density at radius 1 is 0.935 bits per heavy atom. The van der Waals surface area contributed by atoms with Crippen molar-refractivity contribution in [3.8, 4) is 5.75 Å². The van der Waals surface area contributed by atoms with Gasteiger partial charge in [-0.2, -0.15) is 0 Å². The van der Waals surface area contributed by atoms with E-state index in [1.54, 1.807) is 0 Å². The number of benzene rings is 3. The Bertz CT molecular complexity index is 1190. The third-order valence-corrected chi connectivity index (χ3v) is 5.84. The van der Waals surface area contributed by atoms with Gasteiger partial charge < -0.3 is 14.1 Å². The summed E-state index contributed by atoms with van der Waals surface area (Å²) in [6.07, 6.45) is 3.70. The van der Waals surface area contributed by atoms with E-state index in [1.165, 1.54) is 28.4 Å². The Kier molecular flexibility index (Phi) is 5.74. The highest BCUT2D eigenvalue weighted by atomic mass is 79.9. The minimum Gasteiger partial charge on any atom is -0.489 e. The van der Waals surface area contributed by atoms with Crippen LogP contribution in [0.15, 0.2) is 88.5 Å². The predicted octanol–water partition coefficient (Wildman–Crippen LogP) is 5.76. The molecule has 1 aliphatic heterocycles. The van der Waals surface area contributed by atoms with Crippen LogP contribution in [-0.4, -0.2) is 22.7 Å². The second-order valence-electron chi connectivity index (χ2n) is 7.54. The topological polar surface area (TPSA) is 39.0 Å². The SMILES string of the molecule is Brc1ccc(COc2ccc3c(c2)c(CN2CN=CO2)cn3Cc2ccccc2)cc1. The van der Waals surface area contributed by atoms with Crippen molar-refractivity contribution in [1.82, 2.24) is 9.63 Å². The summed E-state index contributed by atoms with van der Waals surface area (Å²) >= 11 is 3.47. The van der Waals surface area contributed by atoms with Gasteiger partial charge in [-0.3, -0.25) is 0 Å². The molecule has 0 radical (unpaired) electrons. The summed E-state index contributed by atoms with van der Waals surface area (Å²) in [5, 5.41) is 3.01. The lowest BCUT2D eigenvalue weighted by molar-refractivity contribution is -0.0515. The smallest absolute Gasteiger partial charge is 0.198 e. The van der Waals surface area contributed by atoms with Gasteiger partial charge in [-0.15, -0.1) is 5.06 Å². The van der Waals surface area contributed by atoms with Crippen LogP contribution in [0.1, 0.15) is 16.7 Å². The van der Waals surface area contributed by atoms with Gasteiger partial charge in [0.2, 0.25) is 0 Å². The number of hydrogen-bond donors (Lipinski definition) is 0. The summed E-state index contributed by atoms with van der Waals surface area (Å²) in [5.74, 6) is 0.854. The molecule has 1 aliphatic rings. The standard InChI is InChI=1S/C25H22BrN3O2/c26-22-8-6-20(7-9-22)16-30-23-10-11-25-24(12-23)21(15-29-17-27-18-31-29)14-28(25)13-19-4-2-1-3-5-19/h1-12,14,18H,13,15-17H2. The number of hydroxylamine groups is 2. The molecule has 2 heterocycles. The maximum absolute atomic E-state index is 6.10. The van der Waals surface area contributed by atoms with Crippen LogP contribution in [0.5, 0.6) is 5.75 Å². The summed E-state index contributed by atoms with van der Waals surface area (Å²) in [5.41, 5.74) is 4.76. The quantitative estimate of drug-likeness (QED) is 0.340. The van der Waals surface area contributed by atoms with E-state index in [9.17, 15) is 0 Å². The number of hydrogen-bond acceptors (Lipinski definition) is 4. The van der Waals surface area contributed by atoms with Crippen LogP contribution in [-0.2, 0) is 24.5 Å². The van der Waals surface area contributed by atoms with Crippen LogP contribution in [0.3, 0.4) is 0 Å². The van der Waals surface area contributed by atoms with Crippen molar-refractivity contribution in [1.29, 1.82) is 0 Å². The first-order valence-electron chi connectivity index (χ1n) is 10.2. The van der Waals surface area contributed by atoms with E-state index < -0.39 is 0 Å². The van der Waals surface area contributed by atoms with Crippen molar-refractivity contribution >= 4 is 33.2 Å². The second kappa shape index (κ2) is 8.96. The molecule has 5 rings (SSSR count). The van der Waals surface area contributed by atoms with Crippen LogP contribution >= 0.6 is 15.9 Å². The van der Waals surface area contributed by atoms with E-state index >= 15 is 0 Å². The Balaban J connectivity index is 1.43. The average Bonchev–Trinajstić information content (AvgIpc) is 3.43. The third-order valence-electron chi connectivity index (χ3n) is 5.31.